The molecule has 2 aromatic carbocycles. The van der Waals surface area contributed by atoms with Crippen LogP contribution in [-0.2, 0) is 16.0 Å². The monoisotopic (exact) mass is 369 g/mol. The Morgan fingerprint density at radius 1 is 1.00 bits per heavy atom. The maximum atomic E-state index is 13.0. The lowest BCUT2D eigenvalue weighted by molar-refractivity contribution is -0.136. The Hall–Kier alpha value is -3.06. The molecule has 0 aliphatic rings. The molecule has 3 rings (SSSR count). The fourth-order valence-electron chi connectivity index (χ4n) is 2.24. The molecule has 0 unspecified atom stereocenters. The molecule has 2 N–H and O–H groups in total. The number of thiazole rings is 1. The van der Waals surface area contributed by atoms with E-state index in [2.05, 4.69) is 15.6 Å². The Morgan fingerprint density at radius 3 is 2.46 bits per heavy atom. The number of rotatable bonds is 5. The maximum Gasteiger partial charge on any atom is 0.313 e. The molecule has 0 spiro atoms. The second kappa shape index (κ2) is 8.35. The van der Waals surface area contributed by atoms with Gasteiger partial charge in [-0.05, 0) is 36.4 Å². The first-order valence-electron chi connectivity index (χ1n) is 7.96. The number of para-hydroxylation sites is 1. The smallest absolute Gasteiger partial charge is 0.313 e. The summed E-state index contributed by atoms with van der Waals surface area (Å²) in [7, 11) is 0. The Balaban J connectivity index is 1.48. The molecule has 0 aliphatic heterocycles. The summed E-state index contributed by atoms with van der Waals surface area (Å²) in [5.74, 6) is -1.69. The van der Waals surface area contributed by atoms with Gasteiger partial charge in [0, 0.05) is 29.6 Å². The molecule has 3 aromatic rings. The van der Waals surface area contributed by atoms with E-state index in [-0.39, 0.29) is 5.82 Å². The van der Waals surface area contributed by atoms with Gasteiger partial charge in [-0.25, -0.2) is 9.37 Å². The van der Waals surface area contributed by atoms with Crippen LogP contribution in [0.4, 0.5) is 10.1 Å². The van der Waals surface area contributed by atoms with Crippen LogP contribution in [0.25, 0.3) is 10.6 Å². The molecule has 26 heavy (non-hydrogen) atoms. The summed E-state index contributed by atoms with van der Waals surface area (Å²) in [4.78, 5) is 28.1. The third-order valence-electron chi connectivity index (χ3n) is 3.55. The first kappa shape index (κ1) is 17.8. The van der Waals surface area contributed by atoms with Crippen LogP contribution in [0.2, 0.25) is 0 Å². The van der Waals surface area contributed by atoms with E-state index in [1.54, 1.807) is 36.4 Å². The number of aromatic nitrogens is 1. The highest BCUT2D eigenvalue weighted by atomic mass is 32.1. The van der Waals surface area contributed by atoms with Gasteiger partial charge in [0.15, 0.2) is 0 Å². The van der Waals surface area contributed by atoms with Crippen molar-refractivity contribution in [1.29, 1.82) is 0 Å². The highest BCUT2D eigenvalue weighted by Gasteiger charge is 2.13. The Kier molecular flexibility index (Phi) is 5.70. The first-order valence-corrected chi connectivity index (χ1v) is 8.84. The topological polar surface area (TPSA) is 71.1 Å². The second-order valence-corrected chi connectivity index (χ2v) is 6.34. The van der Waals surface area contributed by atoms with Crippen LogP contribution in [-0.4, -0.2) is 23.3 Å². The van der Waals surface area contributed by atoms with Crippen molar-refractivity contribution in [1.82, 2.24) is 10.3 Å². The maximum absolute atomic E-state index is 13.0. The number of halogens is 1. The van der Waals surface area contributed by atoms with Crippen molar-refractivity contribution in [2.45, 2.75) is 6.42 Å². The van der Waals surface area contributed by atoms with Crippen molar-refractivity contribution in [2.75, 3.05) is 11.9 Å². The molecule has 0 aliphatic carbocycles. The number of anilines is 1. The van der Waals surface area contributed by atoms with Gasteiger partial charge in [-0.1, -0.05) is 18.2 Å². The third-order valence-corrected chi connectivity index (χ3v) is 4.49. The van der Waals surface area contributed by atoms with Gasteiger partial charge in [-0.15, -0.1) is 11.3 Å². The molecule has 1 aromatic heterocycles. The molecular weight excluding hydrogens is 353 g/mol. The number of nitrogens with zero attached hydrogens (tertiary/aromatic N) is 1. The van der Waals surface area contributed by atoms with Gasteiger partial charge in [0.25, 0.3) is 0 Å². The molecule has 0 radical (unpaired) electrons. The van der Waals surface area contributed by atoms with Crippen molar-refractivity contribution in [3.63, 3.8) is 0 Å². The van der Waals surface area contributed by atoms with E-state index in [4.69, 9.17) is 0 Å². The highest BCUT2D eigenvalue weighted by molar-refractivity contribution is 7.13. The van der Waals surface area contributed by atoms with Gasteiger partial charge in [0.1, 0.15) is 10.8 Å². The van der Waals surface area contributed by atoms with Crippen molar-refractivity contribution < 1.29 is 14.0 Å². The zero-order valence-electron chi connectivity index (χ0n) is 13.7. The summed E-state index contributed by atoms with van der Waals surface area (Å²) in [6.45, 7) is 0.299. The van der Waals surface area contributed by atoms with Crippen LogP contribution in [0.3, 0.4) is 0 Å². The third kappa shape index (κ3) is 4.73. The lowest BCUT2D eigenvalue weighted by Crippen LogP contribution is -2.36. The molecule has 132 valence electrons. The minimum Gasteiger partial charge on any atom is -0.347 e. The van der Waals surface area contributed by atoms with Gasteiger partial charge < -0.3 is 10.6 Å². The normalized spacial score (nSPS) is 10.3. The molecule has 1 heterocycles. The van der Waals surface area contributed by atoms with Gasteiger partial charge in [-0.3, -0.25) is 9.59 Å². The van der Waals surface area contributed by atoms with Gasteiger partial charge in [0.2, 0.25) is 0 Å². The predicted octanol–water partition coefficient (Wildman–Crippen LogP) is 3.25. The molecule has 0 atom stereocenters. The van der Waals surface area contributed by atoms with E-state index in [9.17, 15) is 14.0 Å². The number of hydrogen-bond donors (Lipinski definition) is 2. The zero-order valence-corrected chi connectivity index (χ0v) is 14.6. The predicted molar refractivity (Wildman–Crippen MR) is 99.3 cm³/mol. The Morgan fingerprint density at radius 2 is 1.73 bits per heavy atom. The number of nitrogens with one attached hydrogen (secondary N) is 2. The SMILES string of the molecule is O=C(NCCc1csc(-c2ccc(F)cc2)n1)C(=O)Nc1ccccc1. The molecular formula is C19H16FN3O2S. The summed E-state index contributed by atoms with van der Waals surface area (Å²) in [5.41, 5.74) is 2.21. The van der Waals surface area contributed by atoms with Crippen LogP contribution in [0.1, 0.15) is 5.69 Å². The van der Waals surface area contributed by atoms with Gasteiger partial charge in [0.05, 0.1) is 5.69 Å². The summed E-state index contributed by atoms with van der Waals surface area (Å²) in [6, 6.07) is 14.9. The van der Waals surface area contributed by atoms with Crippen LogP contribution in [0.5, 0.6) is 0 Å². The van der Waals surface area contributed by atoms with E-state index in [1.807, 2.05) is 11.4 Å². The number of carbonyl (C=O) groups is 2. The van der Waals surface area contributed by atoms with Gasteiger partial charge >= 0.3 is 11.8 Å². The quantitative estimate of drug-likeness (QED) is 0.678. The summed E-state index contributed by atoms with van der Waals surface area (Å²) >= 11 is 1.45. The molecule has 5 nitrogen and oxygen atoms in total. The summed E-state index contributed by atoms with van der Waals surface area (Å²) in [5, 5.41) is 7.77. The van der Waals surface area contributed by atoms with Crippen molar-refractivity contribution in [2.24, 2.45) is 0 Å². The lowest BCUT2D eigenvalue weighted by atomic mass is 10.2. The number of amides is 2. The standard InChI is InChI=1S/C19H16FN3O2S/c20-14-8-6-13(7-9-14)19-23-16(12-26-19)10-11-21-17(24)18(25)22-15-4-2-1-3-5-15/h1-9,12H,10-11H2,(H,21,24)(H,22,25). The van der Waals surface area contributed by atoms with Crippen LogP contribution in [0.15, 0.2) is 60.0 Å². The number of benzene rings is 2. The highest BCUT2D eigenvalue weighted by Crippen LogP contribution is 2.23. The fourth-order valence-corrected chi connectivity index (χ4v) is 3.10. The Labute approximate surface area is 153 Å². The van der Waals surface area contributed by atoms with Crippen molar-refractivity contribution in [3.8, 4) is 10.6 Å². The number of hydrogen-bond acceptors (Lipinski definition) is 4. The second-order valence-electron chi connectivity index (χ2n) is 5.48. The average Bonchev–Trinajstić information content (AvgIpc) is 3.12. The molecule has 2 amide bonds. The molecule has 0 bridgehead atoms. The van der Waals surface area contributed by atoms with E-state index in [0.717, 1.165) is 16.3 Å². The lowest BCUT2D eigenvalue weighted by Gasteiger charge is -2.05. The van der Waals surface area contributed by atoms with Crippen LogP contribution >= 0.6 is 11.3 Å². The first-order chi connectivity index (χ1) is 12.6. The molecule has 0 fully saturated rings. The molecule has 7 heteroatoms. The van der Waals surface area contributed by atoms with Gasteiger partial charge in [-0.2, -0.15) is 0 Å². The van der Waals surface area contributed by atoms with Crippen molar-refractivity contribution >= 4 is 28.8 Å². The van der Waals surface area contributed by atoms with E-state index < -0.39 is 11.8 Å². The number of carbonyl (C=O) groups excluding carboxylic acids is 2. The van der Waals surface area contributed by atoms with Crippen LogP contribution < -0.4 is 10.6 Å². The minimum atomic E-state index is -0.707. The zero-order chi connectivity index (χ0) is 18.4. The fraction of sp³-hybridized carbons (Fsp3) is 0.105. The van der Waals surface area contributed by atoms with E-state index in [0.29, 0.717) is 18.7 Å². The summed E-state index contributed by atoms with van der Waals surface area (Å²) < 4.78 is 13.0. The van der Waals surface area contributed by atoms with Crippen molar-refractivity contribution in [3.05, 3.63) is 71.5 Å². The van der Waals surface area contributed by atoms with E-state index in [1.165, 1.54) is 23.5 Å². The Bertz CT molecular complexity index is 895. The molecule has 0 saturated heterocycles. The summed E-state index contributed by atoms with van der Waals surface area (Å²) in [6.07, 6.45) is 0.502. The largest absolute Gasteiger partial charge is 0.347 e. The van der Waals surface area contributed by atoms with E-state index >= 15 is 0 Å². The molecule has 0 saturated carbocycles. The average molecular weight is 369 g/mol. The van der Waals surface area contributed by atoms with Crippen LogP contribution in [0, 0.1) is 5.82 Å². The minimum absolute atomic E-state index is 0.290.